The van der Waals surface area contributed by atoms with Crippen molar-refractivity contribution in [1.82, 2.24) is 0 Å². The number of alkyl halides is 12. The number of hydrogen-bond acceptors (Lipinski definition) is 2. The van der Waals surface area contributed by atoms with E-state index < -0.39 is 59.5 Å². The Hall–Kier alpha value is -1.96. The summed E-state index contributed by atoms with van der Waals surface area (Å²) in [5, 5.41) is 18.3. The first-order valence-electron chi connectivity index (χ1n) is 7.16. The fourth-order valence-corrected chi connectivity index (χ4v) is 2.10. The molecule has 0 spiro atoms. The molecule has 0 saturated carbocycles. The Morgan fingerprint density at radius 3 is 1.34 bits per heavy atom. The minimum atomic E-state index is -6.56. The van der Waals surface area contributed by atoms with Gasteiger partial charge < -0.3 is 10.2 Å². The largest absolute Gasteiger partial charge is 0.430 e. The fraction of sp³-hybridized carbons (Fsp3) is 0.467. The summed E-state index contributed by atoms with van der Waals surface area (Å²) in [5.74, 6) is 0. The van der Waals surface area contributed by atoms with Gasteiger partial charge >= 0.3 is 24.7 Å². The lowest BCUT2D eigenvalue weighted by Gasteiger charge is -2.35. The summed E-state index contributed by atoms with van der Waals surface area (Å²) in [4.78, 5) is 0. The first kappa shape index (κ1) is 25.1. The van der Waals surface area contributed by atoms with Crippen LogP contribution in [0.3, 0.4) is 0 Å². The van der Waals surface area contributed by atoms with E-state index >= 15 is 0 Å². The van der Waals surface area contributed by atoms with Crippen LogP contribution in [0.4, 0.5) is 52.7 Å². The predicted octanol–water partition coefficient (Wildman–Crippen LogP) is 5.17. The summed E-state index contributed by atoms with van der Waals surface area (Å²) in [6, 6.07) is 4.10. The van der Waals surface area contributed by atoms with Crippen LogP contribution >= 0.6 is 0 Å². The summed E-state index contributed by atoms with van der Waals surface area (Å²) in [6.07, 6.45) is -30.1. The monoisotopic (exact) mass is 450 g/mol. The lowest BCUT2D eigenvalue weighted by atomic mass is 9.86. The van der Waals surface area contributed by atoms with Gasteiger partial charge in [0.15, 0.2) is 0 Å². The number of rotatable bonds is 4. The van der Waals surface area contributed by atoms with Crippen molar-refractivity contribution in [3.63, 3.8) is 0 Å². The second kappa shape index (κ2) is 7.38. The SMILES string of the molecule is OC(C=C(CC(O)(C(F)(F)F)C(F)(F)F)c1ccccc1)(C(F)(F)F)C(F)(F)F. The molecular weight excluding hydrogens is 440 g/mol. The van der Waals surface area contributed by atoms with E-state index in [9.17, 15) is 57.8 Å². The average molecular weight is 450 g/mol. The van der Waals surface area contributed by atoms with Crippen LogP contribution in [0.1, 0.15) is 12.0 Å². The van der Waals surface area contributed by atoms with E-state index in [0.717, 1.165) is 18.2 Å². The molecule has 0 unspecified atom stereocenters. The summed E-state index contributed by atoms with van der Waals surface area (Å²) in [5.41, 5.74) is -14.3. The Morgan fingerprint density at radius 1 is 0.655 bits per heavy atom. The zero-order valence-electron chi connectivity index (χ0n) is 13.6. The molecule has 14 heteroatoms. The molecule has 1 rings (SSSR count). The quantitative estimate of drug-likeness (QED) is 0.622. The molecular formula is C15H10F12O2. The van der Waals surface area contributed by atoms with E-state index in [1.807, 2.05) is 0 Å². The lowest BCUT2D eigenvalue weighted by Crippen LogP contribution is -2.58. The molecule has 0 bridgehead atoms. The second-order valence-electron chi connectivity index (χ2n) is 5.83. The molecule has 29 heavy (non-hydrogen) atoms. The molecule has 2 nitrogen and oxygen atoms in total. The molecule has 2 N–H and O–H groups in total. The molecule has 1 aromatic carbocycles. The number of halogens is 12. The van der Waals surface area contributed by atoms with Crippen molar-refractivity contribution in [2.45, 2.75) is 42.3 Å². The minimum Gasteiger partial charge on any atom is -0.373 e. The maximum Gasteiger partial charge on any atom is 0.430 e. The third-order valence-electron chi connectivity index (χ3n) is 3.78. The highest BCUT2D eigenvalue weighted by atomic mass is 19.4. The van der Waals surface area contributed by atoms with Gasteiger partial charge in [0.1, 0.15) is 0 Å². The van der Waals surface area contributed by atoms with Crippen molar-refractivity contribution in [3.05, 3.63) is 42.0 Å². The van der Waals surface area contributed by atoms with Crippen LogP contribution < -0.4 is 0 Å². The van der Waals surface area contributed by atoms with Crippen LogP contribution in [-0.4, -0.2) is 46.1 Å². The molecule has 0 radical (unpaired) electrons. The van der Waals surface area contributed by atoms with Crippen molar-refractivity contribution < 1.29 is 62.9 Å². The van der Waals surface area contributed by atoms with Gasteiger partial charge in [0.2, 0.25) is 0 Å². The highest BCUT2D eigenvalue weighted by Gasteiger charge is 2.72. The molecule has 0 aliphatic carbocycles. The van der Waals surface area contributed by atoms with E-state index in [0.29, 0.717) is 12.1 Å². The van der Waals surface area contributed by atoms with Gasteiger partial charge in [-0.2, -0.15) is 52.7 Å². The smallest absolute Gasteiger partial charge is 0.373 e. The van der Waals surface area contributed by atoms with E-state index in [2.05, 4.69) is 0 Å². The van der Waals surface area contributed by atoms with Gasteiger partial charge in [-0.05, 0) is 17.2 Å². The van der Waals surface area contributed by atoms with E-state index in [1.54, 1.807) is 0 Å². The predicted molar refractivity (Wildman–Crippen MR) is 73.2 cm³/mol. The Bertz CT molecular complexity index is 697. The fourth-order valence-electron chi connectivity index (χ4n) is 2.10. The van der Waals surface area contributed by atoms with Gasteiger partial charge in [0, 0.05) is 6.42 Å². The Morgan fingerprint density at radius 2 is 1.03 bits per heavy atom. The van der Waals surface area contributed by atoms with Crippen LogP contribution in [0.5, 0.6) is 0 Å². The molecule has 166 valence electrons. The number of hydrogen-bond donors (Lipinski definition) is 2. The van der Waals surface area contributed by atoms with Crippen LogP contribution in [-0.2, 0) is 0 Å². The number of aliphatic hydroxyl groups is 2. The standard InChI is InChI=1S/C15H10F12O2/c16-12(17,18)10(28,13(19,20)21)6-9(8-4-2-1-3-5-8)7-11(29,14(22,23)24)15(25,26)27/h1-6,28-29H,7H2. The minimum absolute atomic E-state index is 0.603. The normalized spacial score (nSPS) is 15.6. The Kier molecular flexibility index (Phi) is 6.38. The van der Waals surface area contributed by atoms with E-state index in [1.165, 1.54) is 0 Å². The van der Waals surface area contributed by atoms with Gasteiger partial charge in [-0.1, -0.05) is 30.3 Å². The molecule has 0 saturated heterocycles. The van der Waals surface area contributed by atoms with Crippen molar-refractivity contribution in [3.8, 4) is 0 Å². The molecule has 0 aliphatic heterocycles. The van der Waals surface area contributed by atoms with E-state index in [-0.39, 0.29) is 0 Å². The van der Waals surface area contributed by atoms with E-state index in [4.69, 9.17) is 5.11 Å². The lowest BCUT2D eigenvalue weighted by molar-refractivity contribution is -0.366. The first-order chi connectivity index (χ1) is 12.7. The summed E-state index contributed by atoms with van der Waals surface area (Å²) < 4.78 is 154. The van der Waals surface area contributed by atoms with Gasteiger partial charge in [-0.25, -0.2) is 0 Å². The Labute approximate surface area is 154 Å². The van der Waals surface area contributed by atoms with Crippen LogP contribution in [0.25, 0.3) is 5.57 Å². The van der Waals surface area contributed by atoms with Crippen LogP contribution in [0.15, 0.2) is 36.4 Å². The molecule has 0 aliphatic rings. The van der Waals surface area contributed by atoms with Crippen molar-refractivity contribution in [2.24, 2.45) is 0 Å². The maximum atomic E-state index is 12.9. The van der Waals surface area contributed by atoms with Crippen molar-refractivity contribution >= 4 is 5.57 Å². The third-order valence-corrected chi connectivity index (χ3v) is 3.78. The molecule has 0 aromatic heterocycles. The van der Waals surface area contributed by atoms with Crippen LogP contribution in [0, 0.1) is 0 Å². The molecule has 1 aromatic rings. The Balaban J connectivity index is 3.81. The van der Waals surface area contributed by atoms with Crippen molar-refractivity contribution in [1.29, 1.82) is 0 Å². The van der Waals surface area contributed by atoms with Crippen molar-refractivity contribution in [2.75, 3.05) is 0 Å². The van der Waals surface area contributed by atoms with Gasteiger partial charge in [-0.3, -0.25) is 0 Å². The average Bonchev–Trinajstić information content (AvgIpc) is 2.50. The van der Waals surface area contributed by atoms with Gasteiger partial charge in [-0.15, -0.1) is 0 Å². The summed E-state index contributed by atoms with van der Waals surface area (Å²) >= 11 is 0. The summed E-state index contributed by atoms with van der Waals surface area (Å²) in [6.45, 7) is 0. The highest BCUT2D eigenvalue weighted by Crippen LogP contribution is 2.50. The molecule has 0 amide bonds. The zero-order chi connectivity index (χ0) is 23.1. The molecule has 0 atom stereocenters. The molecule has 0 heterocycles. The molecule has 0 fully saturated rings. The maximum absolute atomic E-state index is 12.9. The van der Waals surface area contributed by atoms with Crippen LogP contribution in [0.2, 0.25) is 0 Å². The van der Waals surface area contributed by atoms with Gasteiger partial charge in [0.05, 0.1) is 0 Å². The summed E-state index contributed by atoms with van der Waals surface area (Å²) in [7, 11) is 0. The highest BCUT2D eigenvalue weighted by molar-refractivity contribution is 5.68. The second-order valence-corrected chi connectivity index (χ2v) is 5.83. The number of benzene rings is 1. The topological polar surface area (TPSA) is 40.5 Å². The van der Waals surface area contributed by atoms with Gasteiger partial charge in [0.25, 0.3) is 11.2 Å². The zero-order valence-corrected chi connectivity index (χ0v) is 13.6. The third kappa shape index (κ3) is 4.79. The first-order valence-corrected chi connectivity index (χ1v) is 7.16.